The second-order valence-electron chi connectivity index (χ2n) is 5.84. The average Bonchev–Trinajstić information content (AvgIpc) is 2.63. The predicted molar refractivity (Wildman–Crippen MR) is 55.4 cm³/mol. The van der Waals surface area contributed by atoms with Crippen molar-refractivity contribution in [3.63, 3.8) is 0 Å². The predicted octanol–water partition coefficient (Wildman–Crippen LogP) is 1.09. The fourth-order valence-electron chi connectivity index (χ4n) is 2.01. The highest BCUT2D eigenvalue weighted by atomic mass is 16.6. The first kappa shape index (κ1) is 10.7. The topological polar surface area (TPSA) is 49.8 Å². The van der Waals surface area contributed by atoms with Gasteiger partial charge in [0.1, 0.15) is 0 Å². The molecule has 1 heterocycles. The summed E-state index contributed by atoms with van der Waals surface area (Å²) in [5.41, 5.74) is 0.0117. The molecule has 0 radical (unpaired) electrons. The van der Waals surface area contributed by atoms with Gasteiger partial charge in [-0.15, -0.1) is 0 Å². The lowest BCUT2D eigenvalue weighted by molar-refractivity contribution is 0.0708. The number of hydrogen-bond donors (Lipinski definition) is 1. The number of amides is 1. The van der Waals surface area contributed by atoms with E-state index in [1.54, 1.807) is 4.90 Å². The van der Waals surface area contributed by atoms with Crippen LogP contribution in [0.5, 0.6) is 0 Å². The van der Waals surface area contributed by atoms with E-state index >= 15 is 0 Å². The summed E-state index contributed by atoms with van der Waals surface area (Å²) in [5, 5.41) is 9.33. The van der Waals surface area contributed by atoms with Crippen molar-refractivity contribution in [2.45, 2.75) is 26.9 Å². The summed E-state index contributed by atoms with van der Waals surface area (Å²) in [6, 6.07) is 0. The molecule has 4 nitrogen and oxygen atoms in total. The molecular formula is C11H19NO3. The molecule has 1 amide bonds. The zero-order chi connectivity index (χ0) is 11.2. The van der Waals surface area contributed by atoms with E-state index in [4.69, 9.17) is 4.74 Å². The van der Waals surface area contributed by atoms with Crippen LogP contribution in [-0.2, 0) is 4.74 Å². The van der Waals surface area contributed by atoms with Crippen LogP contribution in [0.4, 0.5) is 4.79 Å². The number of piperidine rings is 1. The van der Waals surface area contributed by atoms with E-state index in [0.717, 1.165) is 0 Å². The molecule has 0 unspecified atom stereocenters. The van der Waals surface area contributed by atoms with Crippen LogP contribution < -0.4 is 0 Å². The fraction of sp³-hybridized carbons (Fsp3) is 0.909. The fourth-order valence-corrected chi connectivity index (χ4v) is 2.01. The highest BCUT2D eigenvalue weighted by molar-refractivity contribution is 5.68. The lowest BCUT2D eigenvalue weighted by Crippen LogP contribution is -2.34. The molecule has 2 rings (SSSR count). The van der Waals surface area contributed by atoms with Crippen LogP contribution in [0.1, 0.15) is 20.8 Å². The van der Waals surface area contributed by atoms with Crippen molar-refractivity contribution >= 4 is 6.09 Å². The summed E-state index contributed by atoms with van der Waals surface area (Å²) in [7, 11) is 0. The molecule has 2 fully saturated rings. The maximum absolute atomic E-state index is 11.6. The number of carbonyl (C=O) groups is 1. The number of aliphatic hydroxyl groups is 1. The molecule has 1 saturated carbocycles. The Hall–Kier alpha value is -0.770. The van der Waals surface area contributed by atoms with Gasteiger partial charge >= 0.3 is 6.09 Å². The number of aliphatic hydroxyl groups excluding tert-OH is 1. The van der Waals surface area contributed by atoms with Crippen LogP contribution in [0.3, 0.4) is 0 Å². The van der Waals surface area contributed by atoms with Gasteiger partial charge in [0.2, 0.25) is 0 Å². The molecule has 1 N–H and O–H groups in total. The molecule has 0 aromatic heterocycles. The summed E-state index contributed by atoms with van der Waals surface area (Å²) >= 11 is 0. The number of carbonyl (C=O) groups excluding carboxylic acids is 1. The van der Waals surface area contributed by atoms with Gasteiger partial charge in [-0.2, -0.15) is 0 Å². The summed E-state index contributed by atoms with van der Waals surface area (Å²) in [5.74, 6) is 0.624. The lowest BCUT2D eigenvalue weighted by Gasteiger charge is -2.22. The van der Waals surface area contributed by atoms with Gasteiger partial charge in [-0.05, 0) is 5.41 Å². The first-order valence-electron chi connectivity index (χ1n) is 5.48. The Kier molecular flexibility index (Phi) is 2.41. The molecule has 1 saturated heterocycles. The normalized spacial score (nSPS) is 33.9. The van der Waals surface area contributed by atoms with Crippen LogP contribution in [0.2, 0.25) is 0 Å². The highest BCUT2D eigenvalue weighted by Gasteiger charge is 2.56. The van der Waals surface area contributed by atoms with Gasteiger partial charge in [0.05, 0.1) is 12.7 Å². The first-order chi connectivity index (χ1) is 6.88. The van der Waals surface area contributed by atoms with Crippen LogP contribution in [0, 0.1) is 17.3 Å². The molecular weight excluding hydrogens is 194 g/mol. The molecule has 3 atom stereocenters. The Balaban J connectivity index is 1.74. The minimum Gasteiger partial charge on any atom is -0.449 e. The van der Waals surface area contributed by atoms with E-state index < -0.39 is 0 Å². The number of nitrogens with zero attached hydrogens (tertiary/aromatic N) is 1. The monoisotopic (exact) mass is 213 g/mol. The molecule has 86 valence electrons. The number of fused-ring (bicyclic) bond motifs is 1. The van der Waals surface area contributed by atoms with Crippen LogP contribution in [-0.4, -0.2) is 41.9 Å². The highest BCUT2D eigenvalue weighted by Crippen LogP contribution is 2.45. The zero-order valence-corrected chi connectivity index (χ0v) is 9.56. The van der Waals surface area contributed by atoms with E-state index in [0.29, 0.717) is 31.5 Å². The maximum atomic E-state index is 11.6. The van der Waals surface area contributed by atoms with Gasteiger partial charge < -0.3 is 14.7 Å². The third-order valence-electron chi connectivity index (χ3n) is 3.04. The smallest absolute Gasteiger partial charge is 0.409 e. The van der Waals surface area contributed by atoms with Crippen LogP contribution >= 0.6 is 0 Å². The minimum atomic E-state index is -0.232. The second-order valence-corrected chi connectivity index (χ2v) is 5.84. The Labute approximate surface area is 90.2 Å². The molecule has 0 aromatic carbocycles. The van der Waals surface area contributed by atoms with Gasteiger partial charge in [-0.25, -0.2) is 4.79 Å². The molecule has 0 spiro atoms. The summed E-state index contributed by atoms with van der Waals surface area (Å²) in [6.45, 7) is 7.87. The van der Waals surface area contributed by atoms with Crippen molar-refractivity contribution in [3.05, 3.63) is 0 Å². The summed E-state index contributed by atoms with van der Waals surface area (Å²) in [4.78, 5) is 13.3. The van der Waals surface area contributed by atoms with Gasteiger partial charge in [0.15, 0.2) is 0 Å². The second kappa shape index (κ2) is 3.37. The van der Waals surface area contributed by atoms with Crippen molar-refractivity contribution in [3.8, 4) is 0 Å². The third-order valence-corrected chi connectivity index (χ3v) is 3.04. The number of likely N-dealkylation sites (tertiary alicyclic amines) is 1. The van der Waals surface area contributed by atoms with Crippen molar-refractivity contribution in [2.24, 2.45) is 17.3 Å². The standard InChI is InChI=1S/C11H19NO3/c1-11(2,3)6-15-10(14)12-4-7-8(5-12)9(7)13/h7-9,13H,4-6H2,1-3H3/t7-,8+,9+. The Morgan fingerprint density at radius 1 is 1.40 bits per heavy atom. The molecule has 1 aliphatic heterocycles. The quantitative estimate of drug-likeness (QED) is 0.709. The molecule has 0 aromatic rings. The molecule has 15 heavy (non-hydrogen) atoms. The van der Waals surface area contributed by atoms with Crippen LogP contribution in [0.15, 0.2) is 0 Å². The first-order valence-corrected chi connectivity index (χ1v) is 5.48. The average molecular weight is 213 g/mol. The zero-order valence-electron chi connectivity index (χ0n) is 9.56. The van der Waals surface area contributed by atoms with Gasteiger partial charge in [0.25, 0.3) is 0 Å². The summed E-state index contributed by atoms with van der Waals surface area (Å²) in [6.07, 6.45) is -0.402. The lowest BCUT2D eigenvalue weighted by atomic mass is 9.99. The van der Waals surface area contributed by atoms with E-state index in [2.05, 4.69) is 0 Å². The molecule has 2 aliphatic rings. The van der Waals surface area contributed by atoms with E-state index in [-0.39, 0.29) is 17.6 Å². The van der Waals surface area contributed by atoms with Crippen molar-refractivity contribution in [2.75, 3.05) is 19.7 Å². The molecule has 1 aliphatic carbocycles. The van der Waals surface area contributed by atoms with Gasteiger partial charge in [-0.1, -0.05) is 20.8 Å². The van der Waals surface area contributed by atoms with E-state index in [9.17, 15) is 9.90 Å². The maximum Gasteiger partial charge on any atom is 0.409 e. The van der Waals surface area contributed by atoms with Crippen molar-refractivity contribution in [1.82, 2.24) is 4.90 Å². The SMILES string of the molecule is CC(C)(C)COC(=O)N1C[C@@H]2[C@@H](O)[C@@H]2C1. The minimum absolute atomic E-state index is 0.0117. The van der Waals surface area contributed by atoms with Gasteiger partial charge in [-0.3, -0.25) is 0 Å². The van der Waals surface area contributed by atoms with Gasteiger partial charge in [0, 0.05) is 24.9 Å². The molecule has 4 heteroatoms. The Bertz CT molecular complexity index is 259. The van der Waals surface area contributed by atoms with Crippen molar-refractivity contribution in [1.29, 1.82) is 0 Å². The van der Waals surface area contributed by atoms with Crippen molar-refractivity contribution < 1.29 is 14.6 Å². The van der Waals surface area contributed by atoms with E-state index in [1.165, 1.54) is 0 Å². The number of rotatable bonds is 1. The van der Waals surface area contributed by atoms with E-state index in [1.807, 2.05) is 20.8 Å². The Morgan fingerprint density at radius 2 is 1.93 bits per heavy atom. The Morgan fingerprint density at radius 3 is 2.40 bits per heavy atom. The number of ether oxygens (including phenoxy) is 1. The van der Waals surface area contributed by atoms with Crippen LogP contribution in [0.25, 0.3) is 0 Å². The third kappa shape index (κ3) is 2.25. The largest absolute Gasteiger partial charge is 0.449 e. The summed E-state index contributed by atoms with van der Waals surface area (Å²) < 4.78 is 5.20. The molecule has 0 bridgehead atoms. The number of hydrogen-bond acceptors (Lipinski definition) is 3.